The van der Waals surface area contributed by atoms with Crippen LogP contribution < -0.4 is 4.74 Å². The van der Waals surface area contributed by atoms with Crippen LogP contribution in [0.15, 0.2) is 54.6 Å². The number of rotatable bonds is 3. The Kier molecular flexibility index (Phi) is 3.08. The molecule has 0 saturated heterocycles. The van der Waals surface area contributed by atoms with Crippen LogP contribution in [0, 0.1) is 12.8 Å². The molecule has 2 aromatic rings. The van der Waals surface area contributed by atoms with Crippen molar-refractivity contribution in [3.8, 4) is 5.75 Å². The van der Waals surface area contributed by atoms with Crippen LogP contribution in [-0.2, 0) is 4.79 Å². The van der Waals surface area contributed by atoms with Crippen molar-refractivity contribution in [3.05, 3.63) is 65.7 Å². The van der Waals surface area contributed by atoms with E-state index < -0.39 is 0 Å². The van der Waals surface area contributed by atoms with E-state index in [1.54, 1.807) is 0 Å². The summed E-state index contributed by atoms with van der Waals surface area (Å²) >= 11 is 0. The van der Waals surface area contributed by atoms with E-state index in [2.05, 4.69) is 12.1 Å². The second-order valence-corrected chi connectivity index (χ2v) is 5.10. The Bertz CT molecular complexity index is 589. The zero-order chi connectivity index (χ0) is 13.2. The third-order valence-corrected chi connectivity index (χ3v) is 3.53. The lowest BCUT2D eigenvalue weighted by molar-refractivity contribution is -0.135. The molecule has 2 nitrogen and oxygen atoms in total. The SMILES string of the molecule is Cc1cccc(OC(=O)C2CC2c2ccccc2)c1. The Balaban J connectivity index is 1.64. The minimum atomic E-state index is -0.112. The number of hydrogen-bond donors (Lipinski definition) is 0. The first kappa shape index (κ1) is 12.0. The molecule has 0 aliphatic heterocycles. The molecule has 2 atom stereocenters. The Hall–Kier alpha value is -2.09. The van der Waals surface area contributed by atoms with Gasteiger partial charge in [-0.25, -0.2) is 0 Å². The summed E-state index contributed by atoms with van der Waals surface area (Å²) in [7, 11) is 0. The van der Waals surface area contributed by atoms with Crippen LogP contribution in [0.1, 0.15) is 23.5 Å². The number of hydrogen-bond acceptors (Lipinski definition) is 2. The van der Waals surface area contributed by atoms with Crippen LogP contribution in [0.2, 0.25) is 0 Å². The molecule has 0 radical (unpaired) electrons. The molecule has 0 aromatic heterocycles. The van der Waals surface area contributed by atoms with E-state index in [1.165, 1.54) is 5.56 Å². The van der Waals surface area contributed by atoms with Gasteiger partial charge in [0.25, 0.3) is 0 Å². The predicted octanol–water partition coefficient (Wildman–Crippen LogP) is 3.70. The lowest BCUT2D eigenvalue weighted by Crippen LogP contribution is -2.11. The highest BCUT2D eigenvalue weighted by atomic mass is 16.5. The maximum atomic E-state index is 12.0. The molecule has 0 N–H and O–H groups in total. The Morgan fingerprint density at radius 2 is 1.89 bits per heavy atom. The van der Waals surface area contributed by atoms with Gasteiger partial charge in [-0.2, -0.15) is 0 Å². The van der Waals surface area contributed by atoms with Gasteiger partial charge in [-0.05, 0) is 42.5 Å². The average molecular weight is 252 g/mol. The van der Waals surface area contributed by atoms with Gasteiger partial charge in [0.15, 0.2) is 0 Å². The maximum Gasteiger partial charge on any atom is 0.314 e. The summed E-state index contributed by atoms with van der Waals surface area (Å²) < 4.78 is 5.43. The van der Waals surface area contributed by atoms with Crippen LogP contribution in [0.5, 0.6) is 5.75 Å². The van der Waals surface area contributed by atoms with E-state index >= 15 is 0 Å². The maximum absolute atomic E-state index is 12.0. The molecule has 0 spiro atoms. The first-order valence-electron chi connectivity index (χ1n) is 6.57. The molecule has 1 aliphatic carbocycles. The molecule has 1 aliphatic rings. The lowest BCUT2D eigenvalue weighted by atomic mass is 10.1. The van der Waals surface area contributed by atoms with E-state index in [1.807, 2.05) is 49.4 Å². The standard InChI is InChI=1S/C17H16O2/c1-12-6-5-9-14(10-12)19-17(18)16-11-15(16)13-7-3-2-4-8-13/h2-10,15-16H,11H2,1H3. The minimum absolute atomic E-state index is 0.0166. The van der Waals surface area contributed by atoms with Crippen molar-refractivity contribution in [1.29, 1.82) is 0 Å². The van der Waals surface area contributed by atoms with Crippen LogP contribution in [-0.4, -0.2) is 5.97 Å². The second kappa shape index (κ2) is 4.88. The number of carbonyl (C=O) groups excluding carboxylic acids is 1. The Morgan fingerprint density at radius 1 is 1.11 bits per heavy atom. The van der Waals surface area contributed by atoms with Crippen molar-refractivity contribution in [3.63, 3.8) is 0 Å². The molecule has 0 heterocycles. The lowest BCUT2D eigenvalue weighted by Gasteiger charge is -2.04. The molecule has 0 bridgehead atoms. The van der Waals surface area contributed by atoms with Crippen molar-refractivity contribution >= 4 is 5.97 Å². The number of aryl methyl sites for hydroxylation is 1. The minimum Gasteiger partial charge on any atom is -0.426 e. The normalized spacial score (nSPS) is 20.9. The fourth-order valence-electron chi connectivity index (χ4n) is 2.39. The van der Waals surface area contributed by atoms with Gasteiger partial charge >= 0.3 is 5.97 Å². The monoisotopic (exact) mass is 252 g/mol. The van der Waals surface area contributed by atoms with Crippen molar-refractivity contribution in [2.24, 2.45) is 5.92 Å². The summed E-state index contributed by atoms with van der Waals surface area (Å²) in [5.41, 5.74) is 2.33. The molecular formula is C17H16O2. The molecular weight excluding hydrogens is 236 g/mol. The van der Waals surface area contributed by atoms with Gasteiger partial charge in [0.2, 0.25) is 0 Å². The van der Waals surface area contributed by atoms with E-state index in [9.17, 15) is 4.79 Å². The second-order valence-electron chi connectivity index (χ2n) is 5.10. The molecule has 2 heteroatoms. The van der Waals surface area contributed by atoms with Crippen molar-refractivity contribution in [2.75, 3.05) is 0 Å². The van der Waals surface area contributed by atoms with Crippen LogP contribution >= 0.6 is 0 Å². The van der Waals surface area contributed by atoms with E-state index in [4.69, 9.17) is 4.74 Å². The molecule has 1 saturated carbocycles. The molecule has 19 heavy (non-hydrogen) atoms. The molecule has 2 unspecified atom stereocenters. The third kappa shape index (κ3) is 2.68. The van der Waals surface area contributed by atoms with Gasteiger partial charge < -0.3 is 4.74 Å². The highest BCUT2D eigenvalue weighted by Gasteiger charge is 2.45. The summed E-state index contributed by atoms with van der Waals surface area (Å²) in [6.45, 7) is 1.99. The summed E-state index contributed by atoms with van der Waals surface area (Å²) in [6, 6.07) is 17.8. The van der Waals surface area contributed by atoms with Gasteiger partial charge in [-0.3, -0.25) is 4.79 Å². The van der Waals surface area contributed by atoms with Crippen LogP contribution in [0.3, 0.4) is 0 Å². The Morgan fingerprint density at radius 3 is 2.63 bits per heavy atom. The van der Waals surface area contributed by atoms with Crippen molar-refractivity contribution in [2.45, 2.75) is 19.3 Å². The van der Waals surface area contributed by atoms with E-state index in [-0.39, 0.29) is 11.9 Å². The molecule has 96 valence electrons. The molecule has 2 aromatic carbocycles. The summed E-state index contributed by atoms with van der Waals surface area (Å²) in [6.07, 6.45) is 0.897. The molecule has 1 fully saturated rings. The first-order valence-corrected chi connectivity index (χ1v) is 6.57. The summed E-state index contributed by atoms with van der Waals surface area (Å²) in [5.74, 6) is 0.879. The van der Waals surface area contributed by atoms with Gasteiger partial charge in [0.05, 0.1) is 5.92 Å². The van der Waals surface area contributed by atoms with Crippen LogP contribution in [0.4, 0.5) is 0 Å². The zero-order valence-corrected chi connectivity index (χ0v) is 10.9. The number of ether oxygens (including phenoxy) is 1. The third-order valence-electron chi connectivity index (χ3n) is 3.53. The smallest absolute Gasteiger partial charge is 0.314 e. The van der Waals surface area contributed by atoms with Gasteiger partial charge in [0.1, 0.15) is 5.75 Å². The predicted molar refractivity (Wildman–Crippen MR) is 74.1 cm³/mol. The van der Waals surface area contributed by atoms with Crippen molar-refractivity contribution < 1.29 is 9.53 Å². The highest BCUT2D eigenvalue weighted by Crippen LogP contribution is 2.48. The first-order chi connectivity index (χ1) is 9.24. The highest BCUT2D eigenvalue weighted by molar-refractivity contribution is 5.79. The van der Waals surface area contributed by atoms with E-state index in [0.717, 1.165) is 12.0 Å². The fraction of sp³-hybridized carbons (Fsp3) is 0.235. The zero-order valence-electron chi connectivity index (χ0n) is 10.9. The van der Waals surface area contributed by atoms with Crippen molar-refractivity contribution in [1.82, 2.24) is 0 Å². The largest absolute Gasteiger partial charge is 0.426 e. The summed E-state index contributed by atoms with van der Waals surface area (Å²) in [4.78, 5) is 12.0. The Labute approximate surface area is 113 Å². The summed E-state index contributed by atoms with van der Waals surface area (Å²) in [5, 5.41) is 0. The topological polar surface area (TPSA) is 26.3 Å². The van der Waals surface area contributed by atoms with Gasteiger partial charge in [0, 0.05) is 0 Å². The number of esters is 1. The quantitative estimate of drug-likeness (QED) is 0.615. The number of carbonyl (C=O) groups is 1. The molecule has 0 amide bonds. The van der Waals surface area contributed by atoms with Crippen LogP contribution in [0.25, 0.3) is 0 Å². The fourth-order valence-corrected chi connectivity index (χ4v) is 2.39. The van der Waals surface area contributed by atoms with Gasteiger partial charge in [-0.15, -0.1) is 0 Å². The number of benzene rings is 2. The molecule has 3 rings (SSSR count). The van der Waals surface area contributed by atoms with Gasteiger partial charge in [-0.1, -0.05) is 42.5 Å². The van der Waals surface area contributed by atoms with E-state index in [0.29, 0.717) is 11.7 Å². The average Bonchev–Trinajstić information content (AvgIpc) is 3.20.